The molecule has 1 aromatic carbocycles. The number of morpholine rings is 1. The summed E-state index contributed by atoms with van der Waals surface area (Å²) >= 11 is 1.60. The summed E-state index contributed by atoms with van der Waals surface area (Å²) in [7, 11) is 0. The summed E-state index contributed by atoms with van der Waals surface area (Å²) in [5.41, 5.74) is 1.84. The summed E-state index contributed by atoms with van der Waals surface area (Å²) in [5.74, 6) is 3.99. The molecule has 0 spiro atoms. The lowest BCUT2D eigenvalue weighted by Crippen LogP contribution is -2.35. The highest BCUT2D eigenvalue weighted by Gasteiger charge is 2.30. The lowest BCUT2D eigenvalue weighted by Gasteiger charge is -2.27. The number of anilines is 1. The molecule has 0 saturated carbocycles. The minimum atomic E-state index is -0.998. The Balaban J connectivity index is 1.52. The largest absolute Gasteiger partial charge is 0.478 e. The molecular weight excluding hydrogens is 420 g/mol. The minimum Gasteiger partial charge on any atom is -0.478 e. The van der Waals surface area contributed by atoms with Gasteiger partial charge in [-0.15, -0.1) is 11.3 Å². The number of nitrogens with zero attached hydrogens (tertiary/aromatic N) is 3. The molecule has 1 fully saturated rings. The molecule has 1 amide bonds. The van der Waals surface area contributed by atoms with Gasteiger partial charge in [0.1, 0.15) is 12.3 Å². The first-order valence-electron chi connectivity index (χ1n) is 9.73. The number of carbonyl (C=O) groups excluding carboxylic acids is 1. The van der Waals surface area contributed by atoms with E-state index in [0.29, 0.717) is 24.5 Å². The Labute approximate surface area is 182 Å². The molecule has 4 rings (SSSR count). The van der Waals surface area contributed by atoms with Gasteiger partial charge in [-0.2, -0.15) is 5.10 Å². The Morgan fingerprint density at radius 2 is 1.97 bits per heavy atom. The highest BCUT2D eigenvalue weighted by atomic mass is 32.1. The van der Waals surface area contributed by atoms with Crippen LogP contribution in [0.5, 0.6) is 0 Å². The number of carbonyl (C=O) groups is 2. The normalized spacial score (nSPS) is 18.0. The van der Waals surface area contributed by atoms with Crippen molar-refractivity contribution in [2.45, 2.75) is 6.54 Å². The first-order valence-corrected chi connectivity index (χ1v) is 10.5. The van der Waals surface area contributed by atoms with Crippen LogP contribution in [0.3, 0.4) is 0 Å². The molecular formula is C21H22N4O5S. The molecule has 31 heavy (non-hydrogen) atoms. The van der Waals surface area contributed by atoms with Crippen LogP contribution >= 0.6 is 11.3 Å². The van der Waals surface area contributed by atoms with Crippen LogP contribution in [0.4, 0.5) is 5.00 Å². The van der Waals surface area contributed by atoms with Gasteiger partial charge in [0.25, 0.3) is 5.91 Å². The van der Waals surface area contributed by atoms with E-state index < -0.39 is 5.97 Å². The second-order valence-corrected chi connectivity index (χ2v) is 8.15. The number of carboxylic acid groups (broad SMARTS) is 1. The number of carboxylic acids is 1. The van der Waals surface area contributed by atoms with Crippen molar-refractivity contribution < 1.29 is 24.3 Å². The first-order chi connectivity index (χ1) is 15.0. The Morgan fingerprint density at radius 3 is 2.65 bits per heavy atom. The lowest BCUT2D eigenvalue weighted by molar-refractivity contribution is -0.126. The number of hydrogen-bond donors (Lipinski definition) is 2. The van der Waals surface area contributed by atoms with Crippen molar-refractivity contribution >= 4 is 40.0 Å². The molecule has 10 heteroatoms. The van der Waals surface area contributed by atoms with E-state index in [-0.39, 0.29) is 24.6 Å². The molecule has 0 atom stereocenters. The van der Waals surface area contributed by atoms with Crippen molar-refractivity contribution in [2.24, 2.45) is 11.0 Å². The van der Waals surface area contributed by atoms with Crippen LogP contribution in [0, 0.1) is 0 Å². The van der Waals surface area contributed by atoms with Gasteiger partial charge in [-0.25, -0.2) is 15.7 Å². The summed E-state index contributed by atoms with van der Waals surface area (Å²) in [6.07, 6.45) is 1.81. The van der Waals surface area contributed by atoms with Gasteiger partial charge in [0.05, 0.1) is 35.9 Å². The number of amides is 1. The van der Waals surface area contributed by atoms with Crippen LogP contribution in [0.1, 0.15) is 20.8 Å². The first kappa shape index (κ1) is 21.2. The van der Waals surface area contributed by atoms with Gasteiger partial charge in [0, 0.05) is 18.0 Å². The second kappa shape index (κ2) is 9.40. The number of thiophene rings is 1. The van der Waals surface area contributed by atoms with Crippen LogP contribution in [0.25, 0.3) is 6.08 Å². The third-order valence-corrected chi connectivity index (χ3v) is 6.09. The zero-order chi connectivity index (χ0) is 21.8. The fourth-order valence-corrected chi connectivity index (χ4v) is 4.39. The molecule has 0 unspecified atom stereocenters. The summed E-state index contributed by atoms with van der Waals surface area (Å²) in [6, 6.07) is 10.4. The molecule has 2 aromatic rings. The van der Waals surface area contributed by atoms with E-state index in [2.05, 4.69) is 10.0 Å². The number of aromatic carboxylic acids is 1. The summed E-state index contributed by atoms with van der Waals surface area (Å²) in [5, 5.41) is 15.9. The Hall–Kier alpha value is -3.05. The fraction of sp³-hybridized carbons (Fsp3) is 0.286. The average molecular weight is 442 g/mol. The number of nitrogens with two attached hydrogens (primary N) is 1. The van der Waals surface area contributed by atoms with Crippen LogP contribution in [-0.4, -0.2) is 60.6 Å². The average Bonchev–Trinajstić information content (AvgIpc) is 3.36. The van der Waals surface area contributed by atoms with E-state index in [1.165, 1.54) is 17.1 Å². The van der Waals surface area contributed by atoms with E-state index in [9.17, 15) is 9.59 Å². The predicted octanol–water partition coefficient (Wildman–Crippen LogP) is 1.95. The van der Waals surface area contributed by atoms with Crippen LogP contribution in [0.2, 0.25) is 0 Å². The molecule has 2 aliphatic heterocycles. The number of hydrazone groups is 1. The molecule has 0 radical (unpaired) electrons. The molecule has 162 valence electrons. The predicted molar refractivity (Wildman–Crippen MR) is 117 cm³/mol. The van der Waals surface area contributed by atoms with E-state index in [4.69, 9.17) is 20.6 Å². The Kier molecular flexibility index (Phi) is 6.42. The highest BCUT2D eigenvalue weighted by Crippen LogP contribution is 2.30. The van der Waals surface area contributed by atoms with Crippen molar-refractivity contribution in [2.75, 3.05) is 37.8 Å². The minimum absolute atomic E-state index is 0.00766. The van der Waals surface area contributed by atoms with E-state index in [1.807, 2.05) is 18.2 Å². The zero-order valence-electron chi connectivity index (χ0n) is 16.7. The number of benzene rings is 1. The van der Waals surface area contributed by atoms with E-state index in [1.54, 1.807) is 23.5 Å². The zero-order valence-corrected chi connectivity index (χ0v) is 17.5. The standard InChI is InChI=1S/C21H22N4O5S/c22-30-13-18-17(11-16-5-6-19(31-16)24-7-9-29-10-8-24)20(26)25(23-18)12-14-1-3-15(4-2-14)21(27)28/h1-6,11H,7-10,12-13,22H2,(H,27,28). The molecule has 0 aliphatic carbocycles. The Morgan fingerprint density at radius 1 is 1.23 bits per heavy atom. The molecule has 1 aromatic heterocycles. The van der Waals surface area contributed by atoms with Gasteiger partial charge >= 0.3 is 5.97 Å². The highest BCUT2D eigenvalue weighted by molar-refractivity contribution is 7.17. The Bertz CT molecular complexity index is 1020. The maximum atomic E-state index is 13.0. The number of hydrogen-bond acceptors (Lipinski definition) is 8. The smallest absolute Gasteiger partial charge is 0.335 e. The monoisotopic (exact) mass is 442 g/mol. The van der Waals surface area contributed by atoms with Gasteiger partial charge in [-0.3, -0.25) is 9.63 Å². The van der Waals surface area contributed by atoms with Crippen molar-refractivity contribution in [1.29, 1.82) is 0 Å². The maximum Gasteiger partial charge on any atom is 0.335 e. The summed E-state index contributed by atoms with van der Waals surface area (Å²) in [4.78, 5) is 32.0. The van der Waals surface area contributed by atoms with Gasteiger partial charge in [0.15, 0.2) is 0 Å². The molecule has 2 aliphatic rings. The van der Waals surface area contributed by atoms with Crippen molar-refractivity contribution in [3.05, 3.63) is 58.0 Å². The second-order valence-electron chi connectivity index (χ2n) is 7.06. The van der Waals surface area contributed by atoms with Gasteiger partial charge in [-0.05, 0) is 35.9 Å². The van der Waals surface area contributed by atoms with Crippen LogP contribution in [0.15, 0.2) is 47.1 Å². The topological polar surface area (TPSA) is 118 Å². The van der Waals surface area contributed by atoms with Gasteiger partial charge in [0.2, 0.25) is 0 Å². The lowest BCUT2D eigenvalue weighted by atomic mass is 10.1. The van der Waals surface area contributed by atoms with E-state index in [0.717, 1.165) is 28.5 Å². The van der Waals surface area contributed by atoms with Gasteiger partial charge in [-0.1, -0.05) is 12.1 Å². The molecule has 1 saturated heterocycles. The molecule has 0 bridgehead atoms. The summed E-state index contributed by atoms with van der Waals surface area (Å²) in [6.45, 7) is 3.33. The van der Waals surface area contributed by atoms with E-state index >= 15 is 0 Å². The summed E-state index contributed by atoms with van der Waals surface area (Å²) < 4.78 is 5.40. The number of rotatable bonds is 7. The molecule has 3 N–H and O–H groups in total. The SMILES string of the molecule is NOCC1=NN(Cc2ccc(C(=O)O)cc2)C(=O)C1=Cc1ccc(N2CCOCC2)s1. The maximum absolute atomic E-state index is 13.0. The third kappa shape index (κ3) is 4.83. The van der Waals surface area contributed by atoms with Crippen molar-refractivity contribution in [3.63, 3.8) is 0 Å². The molecule has 9 nitrogen and oxygen atoms in total. The van der Waals surface area contributed by atoms with Crippen LogP contribution in [-0.2, 0) is 20.9 Å². The fourth-order valence-electron chi connectivity index (χ4n) is 3.39. The third-order valence-electron chi connectivity index (χ3n) is 4.99. The van der Waals surface area contributed by atoms with Gasteiger partial charge < -0.3 is 14.7 Å². The van der Waals surface area contributed by atoms with Crippen molar-refractivity contribution in [3.8, 4) is 0 Å². The quantitative estimate of drug-likeness (QED) is 0.497. The van der Waals surface area contributed by atoms with Crippen molar-refractivity contribution in [1.82, 2.24) is 5.01 Å². The molecule has 3 heterocycles. The van der Waals surface area contributed by atoms with Crippen LogP contribution < -0.4 is 10.8 Å². The number of ether oxygens (including phenoxy) is 1.